The molecule has 1 aliphatic rings. The van der Waals surface area contributed by atoms with Crippen molar-refractivity contribution in [3.05, 3.63) is 51.8 Å². The lowest BCUT2D eigenvalue weighted by molar-refractivity contribution is 0.0809. The predicted octanol–water partition coefficient (Wildman–Crippen LogP) is 3.77. The first kappa shape index (κ1) is 16.2. The van der Waals surface area contributed by atoms with Crippen molar-refractivity contribution in [3.63, 3.8) is 0 Å². The first-order chi connectivity index (χ1) is 11.0. The van der Waals surface area contributed by atoms with Crippen molar-refractivity contribution in [2.45, 2.75) is 33.2 Å². The average Bonchev–Trinajstić information content (AvgIpc) is 2.92. The predicted molar refractivity (Wildman–Crippen MR) is 91.8 cm³/mol. The molecule has 0 amide bonds. The highest BCUT2D eigenvalue weighted by atomic mass is 35.5. The smallest absolute Gasteiger partial charge is 0.167 e. The summed E-state index contributed by atoms with van der Waals surface area (Å²) in [5, 5.41) is 7.95. The SMILES string of the molecule is Cc1cc(CN2CCCC(C(=O)c3ccc(Cl)cc3C)C2)n[nH]1. The zero-order valence-corrected chi connectivity index (χ0v) is 14.4. The summed E-state index contributed by atoms with van der Waals surface area (Å²) in [7, 11) is 0. The Bertz CT molecular complexity index is 710. The molecule has 122 valence electrons. The summed E-state index contributed by atoms with van der Waals surface area (Å²) in [6.45, 7) is 6.57. The fourth-order valence-corrected chi connectivity index (χ4v) is 3.55. The first-order valence-electron chi connectivity index (χ1n) is 8.06. The number of hydrogen-bond acceptors (Lipinski definition) is 3. The topological polar surface area (TPSA) is 49.0 Å². The number of carbonyl (C=O) groups is 1. The Kier molecular flexibility index (Phi) is 4.83. The van der Waals surface area contributed by atoms with Gasteiger partial charge in [-0.1, -0.05) is 11.6 Å². The maximum Gasteiger partial charge on any atom is 0.167 e. The molecule has 1 fully saturated rings. The van der Waals surface area contributed by atoms with Crippen molar-refractivity contribution in [1.29, 1.82) is 0 Å². The van der Waals surface area contributed by atoms with Gasteiger partial charge in [-0.3, -0.25) is 14.8 Å². The van der Waals surface area contributed by atoms with E-state index in [-0.39, 0.29) is 11.7 Å². The second kappa shape index (κ2) is 6.85. The van der Waals surface area contributed by atoms with E-state index < -0.39 is 0 Å². The second-order valence-corrected chi connectivity index (χ2v) is 6.88. The fraction of sp³-hybridized carbons (Fsp3) is 0.444. The number of Topliss-reactive ketones (excluding diaryl/α,β-unsaturated/α-hetero) is 1. The number of benzene rings is 1. The van der Waals surface area contributed by atoms with Gasteiger partial charge in [-0.05, 0) is 63.1 Å². The number of halogens is 1. The quantitative estimate of drug-likeness (QED) is 0.867. The number of H-pyrrole nitrogens is 1. The van der Waals surface area contributed by atoms with E-state index in [1.807, 2.05) is 26.0 Å². The van der Waals surface area contributed by atoms with Crippen LogP contribution < -0.4 is 0 Å². The number of rotatable bonds is 4. The highest BCUT2D eigenvalue weighted by Crippen LogP contribution is 2.25. The standard InChI is InChI=1S/C18H22ClN3O/c1-12-8-15(19)5-6-17(12)18(23)14-4-3-7-22(10-14)11-16-9-13(2)20-21-16/h5-6,8-9,14H,3-4,7,10-11H2,1-2H3,(H,20,21). The summed E-state index contributed by atoms with van der Waals surface area (Å²) in [6, 6.07) is 7.58. The van der Waals surface area contributed by atoms with Crippen molar-refractivity contribution >= 4 is 17.4 Å². The van der Waals surface area contributed by atoms with Crippen molar-refractivity contribution in [2.75, 3.05) is 13.1 Å². The number of carbonyl (C=O) groups excluding carboxylic acids is 1. The molecule has 1 aromatic carbocycles. The summed E-state index contributed by atoms with van der Waals surface area (Å²) >= 11 is 5.99. The number of piperidine rings is 1. The molecule has 2 aromatic rings. The molecule has 0 bridgehead atoms. The molecule has 23 heavy (non-hydrogen) atoms. The van der Waals surface area contributed by atoms with Gasteiger partial charge in [-0.2, -0.15) is 5.10 Å². The number of hydrogen-bond donors (Lipinski definition) is 1. The molecule has 1 atom stereocenters. The van der Waals surface area contributed by atoms with E-state index >= 15 is 0 Å². The number of aromatic amines is 1. The van der Waals surface area contributed by atoms with E-state index in [0.717, 1.165) is 55.0 Å². The lowest BCUT2D eigenvalue weighted by Crippen LogP contribution is -2.38. The van der Waals surface area contributed by atoms with Crippen LogP contribution in [0.3, 0.4) is 0 Å². The Morgan fingerprint density at radius 1 is 1.39 bits per heavy atom. The molecule has 1 aromatic heterocycles. The van der Waals surface area contributed by atoms with Gasteiger partial charge in [0.2, 0.25) is 0 Å². The van der Waals surface area contributed by atoms with Gasteiger partial charge in [0.05, 0.1) is 5.69 Å². The van der Waals surface area contributed by atoms with Crippen LogP contribution in [-0.2, 0) is 6.54 Å². The van der Waals surface area contributed by atoms with Crippen LogP contribution in [0.2, 0.25) is 5.02 Å². The molecular formula is C18H22ClN3O. The van der Waals surface area contributed by atoms with Gasteiger partial charge >= 0.3 is 0 Å². The minimum atomic E-state index is 0.0589. The van der Waals surface area contributed by atoms with Gasteiger partial charge < -0.3 is 0 Å². The molecule has 0 saturated carbocycles. The van der Waals surface area contributed by atoms with Gasteiger partial charge in [0, 0.05) is 35.3 Å². The van der Waals surface area contributed by atoms with Crippen LogP contribution in [0.15, 0.2) is 24.3 Å². The second-order valence-electron chi connectivity index (χ2n) is 6.44. The number of nitrogens with one attached hydrogen (secondary N) is 1. The molecule has 2 heterocycles. The van der Waals surface area contributed by atoms with Crippen LogP contribution >= 0.6 is 11.6 Å². The van der Waals surface area contributed by atoms with Gasteiger partial charge in [-0.25, -0.2) is 0 Å². The van der Waals surface area contributed by atoms with Crippen LogP contribution in [0.4, 0.5) is 0 Å². The third-order valence-electron chi connectivity index (χ3n) is 4.47. The van der Waals surface area contributed by atoms with E-state index in [2.05, 4.69) is 21.2 Å². The maximum absolute atomic E-state index is 12.8. The maximum atomic E-state index is 12.8. The number of nitrogens with zero attached hydrogens (tertiary/aromatic N) is 2. The van der Waals surface area contributed by atoms with E-state index in [1.165, 1.54) is 0 Å². The highest BCUT2D eigenvalue weighted by molar-refractivity contribution is 6.30. The van der Waals surface area contributed by atoms with Gasteiger partial charge in [0.15, 0.2) is 5.78 Å². The molecule has 5 heteroatoms. The largest absolute Gasteiger partial charge is 0.297 e. The minimum Gasteiger partial charge on any atom is -0.297 e. The van der Waals surface area contributed by atoms with Crippen molar-refractivity contribution in [3.8, 4) is 0 Å². The van der Waals surface area contributed by atoms with E-state index in [9.17, 15) is 4.79 Å². The lowest BCUT2D eigenvalue weighted by Gasteiger charge is -2.31. The van der Waals surface area contributed by atoms with Crippen LogP contribution in [0.1, 0.15) is 40.2 Å². The first-order valence-corrected chi connectivity index (χ1v) is 8.44. The Balaban J connectivity index is 1.69. The van der Waals surface area contributed by atoms with Crippen molar-refractivity contribution in [1.82, 2.24) is 15.1 Å². The number of aromatic nitrogens is 2. The summed E-state index contributed by atoms with van der Waals surface area (Å²) in [6.07, 6.45) is 2.00. The Morgan fingerprint density at radius 2 is 2.22 bits per heavy atom. The van der Waals surface area contributed by atoms with Crippen LogP contribution in [0, 0.1) is 19.8 Å². The molecule has 0 spiro atoms. The highest BCUT2D eigenvalue weighted by Gasteiger charge is 2.27. The molecule has 1 N–H and O–H groups in total. The molecule has 0 aliphatic carbocycles. The number of ketones is 1. The molecule has 1 unspecified atom stereocenters. The molecule has 3 rings (SSSR count). The zero-order valence-electron chi connectivity index (χ0n) is 13.6. The molecule has 4 nitrogen and oxygen atoms in total. The van der Waals surface area contributed by atoms with Crippen molar-refractivity contribution in [2.24, 2.45) is 5.92 Å². The Labute approximate surface area is 141 Å². The van der Waals surface area contributed by atoms with Gasteiger partial charge in [-0.15, -0.1) is 0 Å². The molecule has 0 radical (unpaired) electrons. The van der Waals surface area contributed by atoms with E-state index in [0.29, 0.717) is 5.02 Å². The van der Waals surface area contributed by atoms with Crippen LogP contribution in [0.5, 0.6) is 0 Å². The van der Waals surface area contributed by atoms with E-state index in [1.54, 1.807) is 6.07 Å². The van der Waals surface area contributed by atoms with Crippen LogP contribution in [-0.4, -0.2) is 34.0 Å². The molecule has 1 aliphatic heterocycles. The Morgan fingerprint density at radius 3 is 2.91 bits per heavy atom. The lowest BCUT2D eigenvalue weighted by atomic mass is 9.88. The third kappa shape index (κ3) is 3.82. The number of aryl methyl sites for hydroxylation is 2. The summed E-state index contributed by atoms with van der Waals surface area (Å²) in [4.78, 5) is 15.2. The van der Waals surface area contributed by atoms with Crippen molar-refractivity contribution < 1.29 is 4.79 Å². The minimum absolute atomic E-state index is 0.0589. The molecular weight excluding hydrogens is 310 g/mol. The summed E-state index contributed by atoms with van der Waals surface area (Å²) < 4.78 is 0. The number of likely N-dealkylation sites (tertiary alicyclic amines) is 1. The average molecular weight is 332 g/mol. The fourth-order valence-electron chi connectivity index (χ4n) is 3.32. The van der Waals surface area contributed by atoms with Gasteiger partial charge in [0.25, 0.3) is 0 Å². The summed E-state index contributed by atoms with van der Waals surface area (Å²) in [5.74, 6) is 0.297. The Hall–Kier alpha value is -1.65. The van der Waals surface area contributed by atoms with E-state index in [4.69, 9.17) is 11.6 Å². The third-order valence-corrected chi connectivity index (χ3v) is 4.71. The molecule has 1 saturated heterocycles. The normalized spacial score (nSPS) is 19.0. The van der Waals surface area contributed by atoms with Gasteiger partial charge in [0.1, 0.15) is 0 Å². The summed E-state index contributed by atoms with van der Waals surface area (Å²) in [5.41, 5.74) is 3.87. The monoisotopic (exact) mass is 331 g/mol. The van der Waals surface area contributed by atoms with Crippen LogP contribution in [0.25, 0.3) is 0 Å². The zero-order chi connectivity index (χ0) is 16.4.